The average Bonchev–Trinajstić information content (AvgIpc) is 2.96. The zero-order valence-electron chi connectivity index (χ0n) is 14.5. The minimum absolute atomic E-state index is 0.195. The van der Waals surface area contributed by atoms with Gasteiger partial charge in [-0.25, -0.2) is 0 Å². The van der Waals surface area contributed by atoms with Crippen molar-refractivity contribution < 1.29 is 14.1 Å². The molecule has 0 radical (unpaired) electrons. The van der Waals surface area contributed by atoms with Crippen LogP contribution in [0.25, 0.3) is 11.4 Å². The first-order valence-corrected chi connectivity index (χ1v) is 9.24. The Hall–Kier alpha value is -1.83. The van der Waals surface area contributed by atoms with Crippen LogP contribution in [-0.2, 0) is 9.53 Å². The zero-order chi connectivity index (χ0) is 18.5. The first-order chi connectivity index (χ1) is 12.5. The fraction of sp³-hybridized carbons (Fsp3) is 0.471. The van der Waals surface area contributed by atoms with Crippen LogP contribution < -0.4 is 4.90 Å². The molecule has 1 aliphatic rings. The van der Waals surface area contributed by atoms with E-state index >= 15 is 0 Å². The molecule has 0 aliphatic carbocycles. The van der Waals surface area contributed by atoms with Crippen molar-refractivity contribution in [1.82, 2.24) is 15.0 Å². The summed E-state index contributed by atoms with van der Waals surface area (Å²) >= 11 is 12.1. The number of hydrogen-bond acceptors (Lipinski definition) is 7. The van der Waals surface area contributed by atoms with Gasteiger partial charge in [0.05, 0.1) is 13.2 Å². The fourth-order valence-electron chi connectivity index (χ4n) is 2.85. The molecule has 1 aliphatic heterocycles. The lowest BCUT2D eigenvalue weighted by atomic mass is 10.2. The lowest BCUT2D eigenvalue weighted by Gasteiger charge is -2.19. The average molecular weight is 399 g/mol. The maximum atomic E-state index is 11.7. The van der Waals surface area contributed by atoms with E-state index in [0.717, 1.165) is 26.1 Å². The minimum atomic E-state index is -0.195. The van der Waals surface area contributed by atoms with E-state index in [0.29, 0.717) is 47.1 Å². The van der Waals surface area contributed by atoms with E-state index < -0.39 is 0 Å². The Bertz CT molecular complexity index is 748. The zero-order valence-corrected chi connectivity index (χ0v) is 16.0. The van der Waals surface area contributed by atoms with Gasteiger partial charge in [-0.15, -0.1) is 0 Å². The van der Waals surface area contributed by atoms with Gasteiger partial charge >= 0.3 is 12.0 Å². The summed E-state index contributed by atoms with van der Waals surface area (Å²) in [5.41, 5.74) is 0.705. The molecule has 0 saturated carbocycles. The van der Waals surface area contributed by atoms with E-state index in [1.165, 1.54) is 0 Å². The van der Waals surface area contributed by atoms with Gasteiger partial charge in [0.1, 0.15) is 0 Å². The molecule has 26 heavy (non-hydrogen) atoms. The first kappa shape index (κ1) is 18.9. The van der Waals surface area contributed by atoms with Crippen LogP contribution in [0.15, 0.2) is 22.7 Å². The van der Waals surface area contributed by atoms with Gasteiger partial charge in [0.25, 0.3) is 0 Å². The monoisotopic (exact) mass is 398 g/mol. The molecule has 0 spiro atoms. The smallest absolute Gasteiger partial charge is 0.324 e. The summed E-state index contributed by atoms with van der Waals surface area (Å²) in [6.45, 7) is 5.52. The van der Waals surface area contributed by atoms with Crippen molar-refractivity contribution in [3.63, 3.8) is 0 Å². The molecule has 9 heteroatoms. The normalized spacial score (nSPS) is 15.7. The topological polar surface area (TPSA) is 71.7 Å². The number of ether oxygens (including phenoxy) is 1. The molecule has 7 nitrogen and oxygen atoms in total. The fourth-order valence-corrected chi connectivity index (χ4v) is 3.38. The Morgan fingerprint density at radius 2 is 1.96 bits per heavy atom. The number of rotatable bonds is 5. The van der Waals surface area contributed by atoms with Crippen molar-refractivity contribution in [2.24, 2.45) is 0 Å². The van der Waals surface area contributed by atoms with Gasteiger partial charge in [-0.3, -0.25) is 9.69 Å². The first-order valence-electron chi connectivity index (χ1n) is 8.48. The van der Waals surface area contributed by atoms with Crippen LogP contribution in [0, 0.1) is 0 Å². The van der Waals surface area contributed by atoms with Crippen molar-refractivity contribution in [2.45, 2.75) is 13.3 Å². The van der Waals surface area contributed by atoms with Crippen LogP contribution in [0.5, 0.6) is 0 Å². The minimum Gasteiger partial charge on any atom is -0.465 e. The van der Waals surface area contributed by atoms with Crippen LogP contribution in [0.2, 0.25) is 10.0 Å². The van der Waals surface area contributed by atoms with E-state index in [2.05, 4.69) is 15.0 Å². The predicted octanol–water partition coefficient (Wildman–Crippen LogP) is 3.12. The molecule has 2 aromatic rings. The van der Waals surface area contributed by atoms with Gasteiger partial charge in [-0.05, 0) is 31.5 Å². The third kappa shape index (κ3) is 4.87. The van der Waals surface area contributed by atoms with Gasteiger partial charge in [0.15, 0.2) is 0 Å². The number of aromatic nitrogens is 2. The van der Waals surface area contributed by atoms with E-state index in [9.17, 15) is 4.79 Å². The van der Waals surface area contributed by atoms with Gasteiger partial charge < -0.3 is 14.2 Å². The second-order valence-corrected chi connectivity index (χ2v) is 6.85. The van der Waals surface area contributed by atoms with Gasteiger partial charge in [0.2, 0.25) is 5.82 Å². The third-order valence-electron chi connectivity index (χ3n) is 4.05. The molecule has 1 fully saturated rings. The van der Waals surface area contributed by atoms with Crippen molar-refractivity contribution in [1.29, 1.82) is 0 Å². The highest BCUT2D eigenvalue weighted by atomic mass is 35.5. The van der Waals surface area contributed by atoms with Crippen molar-refractivity contribution in [2.75, 3.05) is 44.2 Å². The SMILES string of the molecule is CCOC(=O)CN1CCCN(c2nc(-c3cc(Cl)cc(Cl)c3)no2)CC1. The highest BCUT2D eigenvalue weighted by molar-refractivity contribution is 6.35. The van der Waals surface area contributed by atoms with Crippen molar-refractivity contribution in [3.8, 4) is 11.4 Å². The second kappa shape index (κ2) is 8.70. The summed E-state index contributed by atoms with van der Waals surface area (Å²) in [4.78, 5) is 20.2. The number of carbonyl (C=O) groups excluding carboxylic acids is 1. The molecule has 3 rings (SSSR count). The Labute approximate surface area is 161 Å². The Morgan fingerprint density at radius 1 is 1.19 bits per heavy atom. The van der Waals surface area contributed by atoms with Gasteiger partial charge in [-0.1, -0.05) is 28.4 Å². The van der Waals surface area contributed by atoms with Crippen molar-refractivity contribution in [3.05, 3.63) is 28.2 Å². The number of hydrogen-bond donors (Lipinski definition) is 0. The summed E-state index contributed by atoms with van der Waals surface area (Å²) in [5, 5.41) is 5.07. The molecule has 1 aromatic carbocycles. The van der Waals surface area contributed by atoms with Gasteiger partial charge in [-0.2, -0.15) is 4.98 Å². The van der Waals surface area contributed by atoms with E-state index in [1.54, 1.807) is 18.2 Å². The third-order valence-corrected chi connectivity index (χ3v) is 4.49. The van der Waals surface area contributed by atoms with Crippen molar-refractivity contribution >= 4 is 35.2 Å². The molecule has 0 atom stereocenters. The summed E-state index contributed by atoms with van der Waals surface area (Å²) in [7, 11) is 0. The molecule has 140 valence electrons. The van der Waals surface area contributed by atoms with Crippen LogP contribution >= 0.6 is 23.2 Å². The highest BCUT2D eigenvalue weighted by Gasteiger charge is 2.21. The van der Waals surface area contributed by atoms with Crippen LogP contribution in [0.4, 0.5) is 6.01 Å². The van der Waals surface area contributed by atoms with E-state index in [1.807, 2.05) is 11.8 Å². The number of benzene rings is 1. The quantitative estimate of drug-likeness (QED) is 0.716. The summed E-state index contributed by atoms with van der Waals surface area (Å²) in [6, 6.07) is 5.59. The van der Waals surface area contributed by atoms with Crippen LogP contribution in [0.3, 0.4) is 0 Å². The summed E-state index contributed by atoms with van der Waals surface area (Å²) < 4.78 is 10.4. The Balaban J connectivity index is 1.65. The number of carbonyl (C=O) groups is 1. The number of nitrogens with zero attached hydrogens (tertiary/aromatic N) is 4. The largest absolute Gasteiger partial charge is 0.465 e. The standard InChI is InChI=1S/C17H20Cl2N4O3/c1-2-25-15(24)11-22-4-3-5-23(7-6-22)17-20-16(21-26-17)12-8-13(18)10-14(19)9-12/h8-10H,2-7,11H2,1H3. The molecule has 1 aromatic heterocycles. The number of esters is 1. The molecule has 1 saturated heterocycles. The molecular weight excluding hydrogens is 379 g/mol. The maximum Gasteiger partial charge on any atom is 0.324 e. The molecule has 0 amide bonds. The maximum absolute atomic E-state index is 11.7. The number of halogens is 2. The predicted molar refractivity (Wildman–Crippen MR) is 99.7 cm³/mol. The van der Waals surface area contributed by atoms with Crippen LogP contribution in [-0.4, -0.2) is 60.3 Å². The molecule has 0 unspecified atom stereocenters. The Kier molecular flexibility index (Phi) is 6.34. The van der Waals surface area contributed by atoms with Gasteiger partial charge in [0, 0.05) is 41.8 Å². The molecule has 0 N–H and O–H groups in total. The van der Waals surface area contributed by atoms with E-state index in [-0.39, 0.29) is 5.97 Å². The molecular formula is C17H20Cl2N4O3. The second-order valence-electron chi connectivity index (χ2n) is 5.98. The lowest BCUT2D eigenvalue weighted by molar-refractivity contribution is -0.144. The molecule has 2 heterocycles. The molecule has 0 bridgehead atoms. The Morgan fingerprint density at radius 3 is 2.69 bits per heavy atom. The van der Waals surface area contributed by atoms with E-state index in [4.69, 9.17) is 32.5 Å². The highest BCUT2D eigenvalue weighted by Crippen LogP contribution is 2.27. The van der Waals surface area contributed by atoms with Crippen LogP contribution in [0.1, 0.15) is 13.3 Å². The summed E-state index contributed by atoms with van der Waals surface area (Å²) in [6.07, 6.45) is 0.889. The number of anilines is 1. The summed E-state index contributed by atoms with van der Waals surface area (Å²) in [5.74, 6) is 0.246. The lowest BCUT2D eigenvalue weighted by Crippen LogP contribution is -2.35.